The molecule has 0 spiro atoms. The van der Waals surface area contributed by atoms with Crippen LogP contribution in [-0.4, -0.2) is 55.5 Å². The highest BCUT2D eigenvalue weighted by molar-refractivity contribution is 6.34. The Balaban J connectivity index is 1.55. The van der Waals surface area contributed by atoms with Gasteiger partial charge in [0.05, 0.1) is 28.0 Å². The van der Waals surface area contributed by atoms with Gasteiger partial charge in [0, 0.05) is 37.4 Å². The first-order valence-electron chi connectivity index (χ1n) is 10.9. The van der Waals surface area contributed by atoms with E-state index in [0.717, 1.165) is 6.20 Å². The van der Waals surface area contributed by atoms with Gasteiger partial charge in [0.1, 0.15) is 6.04 Å². The molecule has 4 aromatic rings. The number of aromatic amines is 1. The zero-order valence-electron chi connectivity index (χ0n) is 19.2. The van der Waals surface area contributed by atoms with E-state index in [1.54, 1.807) is 6.07 Å². The summed E-state index contributed by atoms with van der Waals surface area (Å²) in [5, 5.41) is 13.8. The first kappa shape index (κ1) is 25.9. The van der Waals surface area contributed by atoms with Crippen molar-refractivity contribution in [3.8, 4) is 11.3 Å². The van der Waals surface area contributed by atoms with Crippen molar-refractivity contribution in [1.29, 1.82) is 0 Å². The van der Waals surface area contributed by atoms with Crippen molar-refractivity contribution in [1.82, 2.24) is 35.2 Å². The zero-order chi connectivity index (χ0) is 26.7. The zero-order valence-corrected chi connectivity index (χ0v) is 20.0. The summed E-state index contributed by atoms with van der Waals surface area (Å²) in [6.45, 7) is 2.08. The van der Waals surface area contributed by atoms with Crippen LogP contribution in [0.25, 0.3) is 16.9 Å². The van der Waals surface area contributed by atoms with Gasteiger partial charge in [-0.1, -0.05) is 11.6 Å². The average molecular weight is 536 g/mol. The summed E-state index contributed by atoms with van der Waals surface area (Å²) in [4.78, 5) is 33.0. The molecular weight excluding hydrogens is 515 g/mol. The van der Waals surface area contributed by atoms with Gasteiger partial charge in [0.2, 0.25) is 5.91 Å². The Morgan fingerprint density at radius 3 is 2.76 bits per heavy atom. The SMILES string of the molecule is C[C@@H](NC(=O)c1ccc(Nc2nccn3c(-c4c[nH]nc4C(F)(F)F)cnc23)cc1Cl)C(=O)NCCN. The Labute approximate surface area is 212 Å². The lowest BCUT2D eigenvalue weighted by atomic mass is 10.1. The van der Waals surface area contributed by atoms with Crippen LogP contribution in [-0.2, 0) is 11.0 Å². The standard InChI is InChI=1S/C22H21ClF3N9O2/c1-11(20(36)29-5-4-27)32-21(37)13-3-2-12(8-15(13)23)33-18-19-30-10-16(35(19)7-6-28-18)14-9-31-34-17(14)22(24,25)26/h2-3,6-11H,4-5,27H2,1H3,(H,28,33)(H,29,36)(H,31,34)(H,32,37)/t11-/m1/s1. The molecule has 0 unspecified atom stereocenters. The molecular formula is C22H21ClF3N9O2. The summed E-state index contributed by atoms with van der Waals surface area (Å²) >= 11 is 6.31. The molecule has 4 rings (SSSR count). The number of nitrogens with zero attached hydrogens (tertiary/aromatic N) is 4. The first-order valence-corrected chi connectivity index (χ1v) is 11.3. The number of benzene rings is 1. The van der Waals surface area contributed by atoms with E-state index in [1.165, 1.54) is 42.0 Å². The molecule has 15 heteroatoms. The van der Waals surface area contributed by atoms with E-state index < -0.39 is 23.8 Å². The largest absolute Gasteiger partial charge is 0.435 e. The van der Waals surface area contributed by atoms with Gasteiger partial charge < -0.3 is 21.7 Å². The molecule has 0 aliphatic heterocycles. The molecule has 0 aliphatic carbocycles. The second-order valence-corrected chi connectivity index (χ2v) is 8.26. The molecule has 194 valence electrons. The predicted molar refractivity (Wildman–Crippen MR) is 129 cm³/mol. The molecule has 0 bridgehead atoms. The third kappa shape index (κ3) is 5.49. The van der Waals surface area contributed by atoms with E-state index in [-0.39, 0.29) is 52.3 Å². The molecule has 37 heavy (non-hydrogen) atoms. The fourth-order valence-electron chi connectivity index (χ4n) is 3.51. The monoisotopic (exact) mass is 535 g/mol. The minimum atomic E-state index is -4.65. The quantitative estimate of drug-likeness (QED) is 0.232. The van der Waals surface area contributed by atoms with Crippen LogP contribution in [0, 0.1) is 0 Å². The number of fused-ring (bicyclic) bond motifs is 1. The minimum Gasteiger partial charge on any atom is -0.353 e. The minimum absolute atomic E-state index is 0.0984. The molecule has 3 heterocycles. The average Bonchev–Trinajstić information content (AvgIpc) is 3.50. The van der Waals surface area contributed by atoms with Crippen LogP contribution >= 0.6 is 11.6 Å². The van der Waals surface area contributed by atoms with Gasteiger partial charge in [-0.3, -0.25) is 19.1 Å². The third-order valence-electron chi connectivity index (χ3n) is 5.27. The van der Waals surface area contributed by atoms with Gasteiger partial charge in [-0.25, -0.2) is 9.97 Å². The number of nitrogens with two attached hydrogens (primary N) is 1. The van der Waals surface area contributed by atoms with Crippen LogP contribution in [0.2, 0.25) is 5.02 Å². The second-order valence-electron chi connectivity index (χ2n) is 7.85. The highest BCUT2D eigenvalue weighted by Crippen LogP contribution is 2.36. The highest BCUT2D eigenvalue weighted by atomic mass is 35.5. The van der Waals surface area contributed by atoms with Gasteiger partial charge in [0.15, 0.2) is 17.2 Å². The smallest absolute Gasteiger partial charge is 0.353 e. The number of hydrogen-bond donors (Lipinski definition) is 5. The number of carbonyl (C=O) groups excluding carboxylic acids is 2. The number of rotatable bonds is 8. The number of hydrogen-bond acceptors (Lipinski definition) is 7. The Bertz CT molecular complexity index is 1450. The maximum atomic E-state index is 13.3. The summed E-state index contributed by atoms with van der Waals surface area (Å²) in [6.07, 6.45) is 0.652. The molecule has 0 fully saturated rings. The van der Waals surface area contributed by atoms with E-state index in [1.807, 2.05) is 0 Å². The molecule has 6 N–H and O–H groups in total. The number of alkyl halides is 3. The Kier molecular flexibility index (Phi) is 7.31. The second kappa shape index (κ2) is 10.4. The number of anilines is 2. The van der Waals surface area contributed by atoms with Gasteiger partial charge in [-0.05, 0) is 25.1 Å². The normalized spacial score (nSPS) is 12.4. The molecule has 1 atom stereocenters. The summed E-state index contributed by atoms with van der Waals surface area (Å²) < 4.78 is 41.4. The molecule has 0 saturated heterocycles. The van der Waals surface area contributed by atoms with E-state index in [9.17, 15) is 22.8 Å². The van der Waals surface area contributed by atoms with Crippen LogP contribution in [0.1, 0.15) is 23.0 Å². The van der Waals surface area contributed by atoms with Gasteiger partial charge in [-0.15, -0.1) is 0 Å². The van der Waals surface area contributed by atoms with Crippen molar-refractivity contribution in [2.75, 3.05) is 18.4 Å². The fourth-order valence-corrected chi connectivity index (χ4v) is 3.78. The van der Waals surface area contributed by atoms with Crippen molar-refractivity contribution in [2.24, 2.45) is 5.73 Å². The van der Waals surface area contributed by atoms with E-state index in [4.69, 9.17) is 17.3 Å². The lowest BCUT2D eigenvalue weighted by Gasteiger charge is -2.15. The lowest BCUT2D eigenvalue weighted by molar-refractivity contribution is -0.140. The topological polar surface area (TPSA) is 155 Å². The van der Waals surface area contributed by atoms with Crippen LogP contribution in [0.5, 0.6) is 0 Å². The van der Waals surface area contributed by atoms with Crippen LogP contribution in [0.4, 0.5) is 24.7 Å². The van der Waals surface area contributed by atoms with E-state index in [2.05, 4.69) is 36.1 Å². The molecule has 0 saturated carbocycles. The molecule has 3 aromatic heterocycles. The van der Waals surface area contributed by atoms with Crippen molar-refractivity contribution in [3.63, 3.8) is 0 Å². The number of aromatic nitrogens is 5. The number of amides is 2. The number of H-pyrrole nitrogens is 1. The Hall–Kier alpha value is -4.17. The molecule has 1 aromatic carbocycles. The Morgan fingerprint density at radius 2 is 2.05 bits per heavy atom. The fraction of sp³-hybridized carbons (Fsp3) is 0.227. The molecule has 0 aliphatic rings. The van der Waals surface area contributed by atoms with E-state index >= 15 is 0 Å². The number of halogens is 4. The maximum absolute atomic E-state index is 13.3. The summed E-state index contributed by atoms with van der Waals surface area (Å²) in [7, 11) is 0. The lowest BCUT2D eigenvalue weighted by Crippen LogP contribution is -2.46. The molecule has 2 amide bonds. The Morgan fingerprint density at radius 1 is 1.27 bits per heavy atom. The summed E-state index contributed by atoms with van der Waals surface area (Å²) in [6, 6.07) is 3.69. The third-order valence-corrected chi connectivity index (χ3v) is 5.59. The molecule has 11 nitrogen and oxygen atoms in total. The first-order chi connectivity index (χ1) is 17.6. The highest BCUT2D eigenvalue weighted by Gasteiger charge is 2.37. The molecule has 0 radical (unpaired) electrons. The van der Waals surface area contributed by atoms with Gasteiger partial charge in [0.25, 0.3) is 5.91 Å². The van der Waals surface area contributed by atoms with Crippen molar-refractivity contribution < 1.29 is 22.8 Å². The number of imidazole rings is 1. The summed E-state index contributed by atoms with van der Waals surface area (Å²) in [5.74, 6) is -0.695. The van der Waals surface area contributed by atoms with Crippen molar-refractivity contribution >= 4 is 40.6 Å². The van der Waals surface area contributed by atoms with Gasteiger partial charge in [-0.2, -0.15) is 18.3 Å². The van der Waals surface area contributed by atoms with Crippen LogP contribution in [0.15, 0.2) is 43.0 Å². The van der Waals surface area contributed by atoms with Crippen LogP contribution in [0.3, 0.4) is 0 Å². The number of carbonyl (C=O) groups is 2. The van der Waals surface area contributed by atoms with Gasteiger partial charge >= 0.3 is 6.18 Å². The number of nitrogens with one attached hydrogen (secondary N) is 4. The van der Waals surface area contributed by atoms with Crippen LogP contribution < -0.4 is 21.7 Å². The predicted octanol–water partition coefficient (Wildman–Crippen LogP) is 2.73. The summed E-state index contributed by atoms with van der Waals surface area (Å²) in [5.41, 5.74) is 5.12. The maximum Gasteiger partial charge on any atom is 0.435 e. The van der Waals surface area contributed by atoms with Crippen molar-refractivity contribution in [2.45, 2.75) is 19.1 Å². The van der Waals surface area contributed by atoms with Crippen molar-refractivity contribution in [3.05, 3.63) is 59.3 Å². The van der Waals surface area contributed by atoms with E-state index in [0.29, 0.717) is 5.69 Å².